The molecule has 0 amide bonds. The van der Waals surface area contributed by atoms with E-state index in [9.17, 15) is 0 Å². The second-order valence-corrected chi connectivity index (χ2v) is 3.79. The average molecular weight is 215 g/mol. The number of para-hydroxylation sites is 1. The molecule has 3 nitrogen and oxygen atoms in total. The second kappa shape index (κ2) is 4.39. The summed E-state index contributed by atoms with van der Waals surface area (Å²) in [5, 5.41) is 4.42. The van der Waals surface area contributed by atoms with E-state index in [2.05, 4.69) is 42.3 Å². The molecular formula is C13H17N3. The fourth-order valence-electron chi connectivity index (χ4n) is 1.96. The molecule has 0 radical (unpaired) electrons. The molecular weight excluding hydrogens is 198 g/mol. The van der Waals surface area contributed by atoms with Crippen molar-refractivity contribution in [2.45, 2.75) is 20.3 Å². The number of aromatic nitrogens is 1. The van der Waals surface area contributed by atoms with Crippen molar-refractivity contribution in [3.63, 3.8) is 0 Å². The highest BCUT2D eigenvalue weighted by molar-refractivity contribution is 5.98. The van der Waals surface area contributed by atoms with Crippen LogP contribution in [0.25, 0.3) is 10.9 Å². The van der Waals surface area contributed by atoms with Gasteiger partial charge in [0.25, 0.3) is 0 Å². The molecule has 3 heteroatoms. The molecule has 0 unspecified atom stereocenters. The molecule has 0 aliphatic rings. The van der Waals surface area contributed by atoms with Crippen LogP contribution in [0.5, 0.6) is 0 Å². The zero-order chi connectivity index (χ0) is 11.5. The summed E-state index contributed by atoms with van der Waals surface area (Å²) in [6, 6.07) is 6.24. The van der Waals surface area contributed by atoms with E-state index in [4.69, 9.17) is 5.73 Å². The Hall–Kier alpha value is -1.77. The van der Waals surface area contributed by atoms with Gasteiger partial charge in [-0.1, -0.05) is 25.1 Å². The van der Waals surface area contributed by atoms with Gasteiger partial charge in [0.15, 0.2) is 0 Å². The third-order valence-electron chi connectivity index (χ3n) is 2.74. The molecule has 2 rings (SSSR count). The third-order valence-corrected chi connectivity index (χ3v) is 2.74. The zero-order valence-corrected chi connectivity index (χ0v) is 9.75. The standard InChI is InChI=1S/C13H17N3/c1-3-9-6-5-7-10-12(9)16-8-11(14)13(10)15-4-2/h5-8H,3-4,14H2,1-2H3,(H,15,16). The monoisotopic (exact) mass is 215 g/mol. The minimum Gasteiger partial charge on any atom is -0.396 e. The number of anilines is 2. The van der Waals surface area contributed by atoms with Crippen LogP contribution in [0, 0.1) is 0 Å². The lowest BCUT2D eigenvalue weighted by Crippen LogP contribution is -2.03. The molecule has 0 saturated carbocycles. The van der Waals surface area contributed by atoms with E-state index in [-0.39, 0.29) is 0 Å². The van der Waals surface area contributed by atoms with Gasteiger partial charge in [-0.25, -0.2) is 0 Å². The van der Waals surface area contributed by atoms with Gasteiger partial charge in [-0.05, 0) is 18.9 Å². The Morgan fingerprint density at radius 3 is 2.81 bits per heavy atom. The van der Waals surface area contributed by atoms with Gasteiger partial charge in [0.2, 0.25) is 0 Å². The van der Waals surface area contributed by atoms with E-state index < -0.39 is 0 Å². The lowest BCUT2D eigenvalue weighted by Gasteiger charge is -2.12. The summed E-state index contributed by atoms with van der Waals surface area (Å²) in [6.07, 6.45) is 2.72. The van der Waals surface area contributed by atoms with Gasteiger partial charge in [-0.2, -0.15) is 0 Å². The van der Waals surface area contributed by atoms with Gasteiger partial charge in [-0.15, -0.1) is 0 Å². The quantitative estimate of drug-likeness (QED) is 0.827. The van der Waals surface area contributed by atoms with Crippen LogP contribution in [0.3, 0.4) is 0 Å². The predicted molar refractivity (Wildman–Crippen MR) is 69.7 cm³/mol. The van der Waals surface area contributed by atoms with E-state index in [0.717, 1.165) is 29.6 Å². The van der Waals surface area contributed by atoms with Crippen molar-refractivity contribution in [1.82, 2.24) is 4.98 Å². The molecule has 0 saturated heterocycles. The minimum atomic E-state index is 0.711. The number of fused-ring (bicyclic) bond motifs is 1. The van der Waals surface area contributed by atoms with Crippen LogP contribution in [0.1, 0.15) is 19.4 Å². The maximum atomic E-state index is 5.94. The molecule has 0 atom stereocenters. The number of nitrogen functional groups attached to an aromatic ring is 1. The summed E-state index contributed by atoms with van der Waals surface area (Å²) >= 11 is 0. The number of nitrogens with zero attached hydrogens (tertiary/aromatic N) is 1. The fraction of sp³-hybridized carbons (Fsp3) is 0.308. The van der Waals surface area contributed by atoms with Gasteiger partial charge in [0.05, 0.1) is 23.1 Å². The number of benzene rings is 1. The van der Waals surface area contributed by atoms with Gasteiger partial charge in [-0.3, -0.25) is 4.98 Å². The molecule has 16 heavy (non-hydrogen) atoms. The Kier molecular flexibility index (Phi) is 2.95. The molecule has 0 bridgehead atoms. The first-order valence-corrected chi connectivity index (χ1v) is 5.67. The lowest BCUT2D eigenvalue weighted by atomic mass is 10.1. The van der Waals surface area contributed by atoms with Gasteiger partial charge < -0.3 is 11.1 Å². The normalized spacial score (nSPS) is 10.6. The first kappa shape index (κ1) is 10.7. The van der Waals surface area contributed by atoms with Gasteiger partial charge >= 0.3 is 0 Å². The summed E-state index contributed by atoms with van der Waals surface area (Å²) in [6.45, 7) is 5.06. The van der Waals surface area contributed by atoms with Crippen molar-refractivity contribution in [3.05, 3.63) is 30.0 Å². The highest BCUT2D eigenvalue weighted by Crippen LogP contribution is 2.29. The van der Waals surface area contributed by atoms with E-state index >= 15 is 0 Å². The number of hydrogen-bond donors (Lipinski definition) is 2. The number of nitrogens with one attached hydrogen (secondary N) is 1. The van der Waals surface area contributed by atoms with Crippen molar-refractivity contribution in [3.8, 4) is 0 Å². The summed E-state index contributed by atoms with van der Waals surface area (Å²) in [5.41, 5.74) is 9.96. The molecule has 3 N–H and O–H groups in total. The topological polar surface area (TPSA) is 50.9 Å². The highest BCUT2D eigenvalue weighted by Gasteiger charge is 2.07. The molecule has 0 spiro atoms. The van der Waals surface area contributed by atoms with Crippen molar-refractivity contribution in [2.75, 3.05) is 17.6 Å². The third kappa shape index (κ3) is 1.69. The predicted octanol–water partition coefficient (Wildman–Crippen LogP) is 2.81. The number of pyridine rings is 1. The number of nitrogens with two attached hydrogens (primary N) is 1. The molecule has 0 fully saturated rings. The summed E-state index contributed by atoms with van der Waals surface area (Å²) in [5.74, 6) is 0. The van der Waals surface area contributed by atoms with Crippen molar-refractivity contribution in [2.24, 2.45) is 0 Å². The van der Waals surface area contributed by atoms with Crippen LogP contribution >= 0.6 is 0 Å². The molecule has 1 aromatic heterocycles. The highest BCUT2D eigenvalue weighted by atomic mass is 14.9. The number of aryl methyl sites for hydroxylation is 1. The molecule has 0 aliphatic carbocycles. The average Bonchev–Trinajstić information content (AvgIpc) is 2.32. The Morgan fingerprint density at radius 2 is 2.12 bits per heavy atom. The molecule has 2 aromatic rings. The van der Waals surface area contributed by atoms with E-state index in [1.54, 1.807) is 6.20 Å². The van der Waals surface area contributed by atoms with Crippen molar-refractivity contribution in [1.29, 1.82) is 0 Å². The molecule has 1 aromatic carbocycles. The van der Waals surface area contributed by atoms with E-state index in [1.165, 1.54) is 5.56 Å². The first-order valence-electron chi connectivity index (χ1n) is 5.67. The zero-order valence-electron chi connectivity index (χ0n) is 9.75. The lowest BCUT2D eigenvalue weighted by molar-refractivity contribution is 1.14. The Labute approximate surface area is 95.7 Å². The maximum absolute atomic E-state index is 5.94. The van der Waals surface area contributed by atoms with Crippen molar-refractivity contribution < 1.29 is 0 Å². The van der Waals surface area contributed by atoms with Crippen LogP contribution in [0.15, 0.2) is 24.4 Å². The summed E-state index contributed by atoms with van der Waals surface area (Å²) in [4.78, 5) is 4.43. The Balaban J connectivity index is 2.72. The maximum Gasteiger partial charge on any atom is 0.0756 e. The number of rotatable bonds is 3. The summed E-state index contributed by atoms with van der Waals surface area (Å²) in [7, 11) is 0. The molecule has 0 aliphatic heterocycles. The van der Waals surface area contributed by atoms with E-state index in [1.807, 2.05) is 0 Å². The van der Waals surface area contributed by atoms with Crippen LogP contribution in [-0.4, -0.2) is 11.5 Å². The SMILES string of the molecule is CCNc1c(N)cnc2c(CC)cccc12. The van der Waals surface area contributed by atoms with E-state index in [0.29, 0.717) is 5.69 Å². The molecule has 84 valence electrons. The first-order chi connectivity index (χ1) is 7.77. The van der Waals surface area contributed by atoms with Crippen LogP contribution in [0.2, 0.25) is 0 Å². The van der Waals surface area contributed by atoms with Crippen LogP contribution in [-0.2, 0) is 6.42 Å². The minimum absolute atomic E-state index is 0.711. The van der Waals surface area contributed by atoms with Crippen LogP contribution < -0.4 is 11.1 Å². The van der Waals surface area contributed by atoms with Gasteiger partial charge in [0.1, 0.15) is 0 Å². The smallest absolute Gasteiger partial charge is 0.0756 e. The Morgan fingerprint density at radius 1 is 1.31 bits per heavy atom. The van der Waals surface area contributed by atoms with Crippen LogP contribution in [0.4, 0.5) is 11.4 Å². The largest absolute Gasteiger partial charge is 0.396 e. The number of hydrogen-bond acceptors (Lipinski definition) is 3. The van der Waals surface area contributed by atoms with Gasteiger partial charge in [0, 0.05) is 11.9 Å². The Bertz CT molecular complexity index is 506. The fourth-order valence-corrected chi connectivity index (χ4v) is 1.96. The second-order valence-electron chi connectivity index (χ2n) is 3.79. The molecule has 1 heterocycles. The summed E-state index contributed by atoms with van der Waals surface area (Å²) < 4.78 is 0. The van der Waals surface area contributed by atoms with Crippen molar-refractivity contribution >= 4 is 22.3 Å².